The summed E-state index contributed by atoms with van der Waals surface area (Å²) in [6.07, 6.45) is 0. The lowest BCUT2D eigenvalue weighted by molar-refractivity contribution is 0.403. The predicted molar refractivity (Wildman–Crippen MR) is 66.3 cm³/mol. The first kappa shape index (κ1) is 11.5. The van der Waals surface area contributed by atoms with Crippen molar-refractivity contribution in [1.29, 1.82) is 0 Å². The monoisotopic (exact) mass is 250 g/mol. The lowest BCUT2D eigenvalue weighted by Gasteiger charge is -2.06. The molecule has 1 heterocycles. The van der Waals surface area contributed by atoms with Crippen LogP contribution >= 0.6 is 11.6 Å². The smallest absolute Gasteiger partial charge is 0.157 e. The van der Waals surface area contributed by atoms with Gasteiger partial charge in [-0.05, 0) is 29.8 Å². The quantitative estimate of drug-likeness (QED) is 0.579. The molecule has 88 valence electrons. The summed E-state index contributed by atoms with van der Waals surface area (Å²) < 4.78 is 0. The number of aromatic hydroxyl groups is 2. The predicted octanol–water partition coefficient (Wildman–Crippen LogP) is 2.76. The molecule has 0 saturated carbocycles. The van der Waals surface area contributed by atoms with E-state index in [0.29, 0.717) is 17.5 Å². The molecule has 1 aromatic carbocycles. The van der Waals surface area contributed by atoms with Crippen LogP contribution in [-0.4, -0.2) is 15.2 Å². The van der Waals surface area contributed by atoms with E-state index in [4.69, 9.17) is 16.7 Å². The van der Waals surface area contributed by atoms with E-state index in [1.54, 1.807) is 24.3 Å². The lowest BCUT2D eigenvalue weighted by atomic mass is 10.2. The number of nitrogens with one attached hydrogen (secondary N) is 1. The van der Waals surface area contributed by atoms with Gasteiger partial charge in [-0.1, -0.05) is 23.7 Å². The maximum absolute atomic E-state index is 9.33. The minimum absolute atomic E-state index is 0.130. The molecule has 5 heteroatoms. The summed E-state index contributed by atoms with van der Waals surface area (Å²) in [6.45, 7) is 0.487. The molecule has 0 spiro atoms. The van der Waals surface area contributed by atoms with Crippen molar-refractivity contribution in [2.24, 2.45) is 0 Å². The second-order valence-corrected chi connectivity index (χ2v) is 3.91. The number of phenols is 2. The van der Waals surface area contributed by atoms with Crippen LogP contribution in [0.4, 0.5) is 5.82 Å². The summed E-state index contributed by atoms with van der Waals surface area (Å²) in [4.78, 5) is 4.07. The lowest BCUT2D eigenvalue weighted by Crippen LogP contribution is -2.00. The highest BCUT2D eigenvalue weighted by atomic mass is 35.5. The summed E-state index contributed by atoms with van der Waals surface area (Å²) >= 11 is 5.75. The Kier molecular flexibility index (Phi) is 3.35. The van der Waals surface area contributed by atoms with Gasteiger partial charge in [0, 0.05) is 6.54 Å². The van der Waals surface area contributed by atoms with Crippen LogP contribution in [-0.2, 0) is 6.54 Å². The number of aromatic nitrogens is 1. The first-order valence-electron chi connectivity index (χ1n) is 5.02. The number of halogens is 1. The first-order valence-corrected chi connectivity index (χ1v) is 5.40. The molecule has 0 fully saturated rings. The number of pyridine rings is 1. The number of rotatable bonds is 3. The van der Waals surface area contributed by atoms with Crippen molar-refractivity contribution in [3.63, 3.8) is 0 Å². The fourth-order valence-electron chi connectivity index (χ4n) is 1.38. The summed E-state index contributed by atoms with van der Waals surface area (Å²) in [5.74, 6) is 0.392. The fourth-order valence-corrected chi connectivity index (χ4v) is 1.54. The van der Waals surface area contributed by atoms with E-state index < -0.39 is 0 Å². The molecule has 1 aromatic heterocycles. The Morgan fingerprint density at radius 3 is 2.65 bits per heavy atom. The molecule has 4 nitrogen and oxygen atoms in total. The maximum Gasteiger partial charge on any atom is 0.157 e. The minimum Gasteiger partial charge on any atom is -0.504 e. The van der Waals surface area contributed by atoms with Gasteiger partial charge in [0.15, 0.2) is 11.5 Å². The third-order valence-corrected chi connectivity index (χ3v) is 2.44. The van der Waals surface area contributed by atoms with Crippen molar-refractivity contribution in [3.8, 4) is 11.5 Å². The molecule has 0 aliphatic rings. The number of phenolic OH excluding ortho intramolecular Hbond substituents is 2. The van der Waals surface area contributed by atoms with Gasteiger partial charge in [-0.2, -0.15) is 0 Å². The van der Waals surface area contributed by atoms with Crippen LogP contribution in [0, 0.1) is 0 Å². The van der Waals surface area contributed by atoms with E-state index in [9.17, 15) is 5.11 Å². The van der Waals surface area contributed by atoms with Gasteiger partial charge in [0.05, 0.1) is 0 Å². The number of nitrogens with zero attached hydrogens (tertiary/aromatic N) is 1. The first-order chi connectivity index (χ1) is 8.15. The van der Waals surface area contributed by atoms with Crippen LogP contribution in [0.2, 0.25) is 5.15 Å². The Hall–Kier alpha value is -1.94. The van der Waals surface area contributed by atoms with Crippen LogP contribution in [0.1, 0.15) is 5.56 Å². The van der Waals surface area contributed by atoms with E-state index >= 15 is 0 Å². The van der Waals surface area contributed by atoms with E-state index in [2.05, 4.69) is 10.3 Å². The van der Waals surface area contributed by atoms with Gasteiger partial charge in [0.1, 0.15) is 11.0 Å². The van der Waals surface area contributed by atoms with Crippen LogP contribution in [0.25, 0.3) is 0 Å². The molecule has 0 aliphatic carbocycles. The van der Waals surface area contributed by atoms with Gasteiger partial charge in [-0.3, -0.25) is 0 Å². The van der Waals surface area contributed by atoms with Crippen LogP contribution < -0.4 is 5.32 Å². The highest BCUT2D eigenvalue weighted by Gasteiger charge is 2.01. The molecule has 0 radical (unpaired) electrons. The van der Waals surface area contributed by atoms with Crippen LogP contribution in [0.5, 0.6) is 11.5 Å². The summed E-state index contributed by atoms with van der Waals surface area (Å²) in [7, 11) is 0. The average molecular weight is 251 g/mol. The molecule has 0 saturated heterocycles. The zero-order chi connectivity index (χ0) is 12.3. The molecule has 0 atom stereocenters. The molecule has 0 bridgehead atoms. The molecule has 0 unspecified atom stereocenters. The number of hydrogen-bond donors (Lipinski definition) is 3. The minimum atomic E-state index is -0.136. The molecule has 0 amide bonds. The number of benzene rings is 1. The summed E-state index contributed by atoms with van der Waals surface area (Å²) in [5.41, 5.74) is 0.835. The van der Waals surface area contributed by atoms with Gasteiger partial charge >= 0.3 is 0 Å². The third kappa shape index (κ3) is 3.01. The van der Waals surface area contributed by atoms with Crippen molar-refractivity contribution in [2.75, 3.05) is 5.32 Å². The van der Waals surface area contributed by atoms with Crippen LogP contribution in [0.15, 0.2) is 36.4 Å². The van der Waals surface area contributed by atoms with Crippen molar-refractivity contribution < 1.29 is 10.2 Å². The molecule has 0 aliphatic heterocycles. The zero-order valence-corrected chi connectivity index (χ0v) is 9.65. The van der Waals surface area contributed by atoms with E-state index in [1.807, 2.05) is 0 Å². The molecule has 2 rings (SSSR count). The fraction of sp³-hybridized carbons (Fsp3) is 0.0833. The van der Waals surface area contributed by atoms with Gasteiger partial charge in [0.25, 0.3) is 0 Å². The van der Waals surface area contributed by atoms with Gasteiger partial charge in [-0.15, -0.1) is 0 Å². The third-order valence-electron chi connectivity index (χ3n) is 2.23. The average Bonchev–Trinajstić information content (AvgIpc) is 2.31. The maximum atomic E-state index is 9.33. The second-order valence-electron chi connectivity index (χ2n) is 3.52. The highest BCUT2D eigenvalue weighted by Crippen LogP contribution is 2.25. The molecular formula is C12H11ClN2O2. The van der Waals surface area contributed by atoms with Crippen LogP contribution in [0.3, 0.4) is 0 Å². The van der Waals surface area contributed by atoms with Gasteiger partial charge in [0.2, 0.25) is 0 Å². The normalized spacial score (nSPS) is 10.2. The van der Waals surface area contributed by atoms with Crippen molar-refractivity contribution in [1.82, 2.24) is 4.98 Å². The summed E-state index contributed by atoms with van der Waals surface area (Å²) in [5, 5.41) is 22.0. The van der Waals surface area contributed by atoms with Crippen molar-refractivity contribution in [3.05, 3.63) is 47.1 Å². The Balaban J connectivity index is 2.05. The highest BCUT2D eigenvalue weighted by molar-refractivity contribution is 6.29. The molecule has 2 aromatic rings. The Labute approximate surface area is 104 Å². The SMILES string of the molecule is Oc1ccc(CNc2cccc(Cl)n2)cc1O. The van der Waals surface area contributed by atoms with Crippen molar-refractivity contribution >= 4 is 17.4 Å². The summed E-state index contributed by atoms with van der Waals surface area (Å²) in [6, 6.07) is 9.94. The van der Waals surface area contributed by atoms with E-state index in [0.717, 1.165) is 5.56 Å². The second kappa shape index (κ2) is 4.93. The molecule has 3 N–H and O–H groups in total. The van der Waals surface area contributed by atoms with E-state index in [1.165, 1.54) is 12.1 Å². The zero-order valence-electron chi connectivity index (χ0n) is 8.89. The topological polar surface area (TPSA) is 65.4 Å². The van der Waals surface area contributed by atoms with E-state index in [-0.39, 0.29) is 11.5 Å². The van der Waals surface area contributed by atoms with Gasteiger partial charge in [-0.25, -0.2) is 4.98 Å². The molecular weight excluding hydrogens is 240 g/mol. The standard InChI is InChI=1S/C12H11ClN2O2/c13-11-2-1-3-12(15-11)14-7-8-4-5-9(16)10(17)6-8/h1-6,16-17H,7H2,(H,14,15). The number of hydrogen-bond acceptors (Lipinski definition) is 4. The Morgan fingerprint density at radius 2 is 1.94 bits per heavy atom. The number of anilines is 1. The Bertz CT molecular complexity index is 532. The molecule has 17 heavy (non-hydrogen) atoms. The van der Waals surface area contributed by atoms with Crippen molar-refractivity contribution in [2.45, 2.75) is 6.54 Å². The largest absolute Gasteiger partial charge is 0.504 e. The van der Waals surface area contributed by atoms with Gasteiger partial charge < -0.3 is 15.5 Å². The Morgan fingerprint density at radius 1 is 1.12 bits per heavy atom.